The summed E-state index contributed by atoms with van der Waals surface area (Å²) in [7, 11) is 0. The van der Waals surface area contributed by atoms with Crippen LogP contribution < -0.4 is 26.6 Å². The molecule has 0 saturated carbocycles. The van der Waals surface area contributed by atoms with Crippen molar-refractivity contribution in [3.8, 4) is 0 Å². The van der Waals surface area contributed by atoms with Crippen LogP contribution >= 0.6 is 0 Å². The van der Waals surface area contributed by atoms with Crippen LogP contribution in [0.4, 0.5) is 0 Å². The van der Waals surface area contributed by atoms with Crippen molar-refractivity contribution >= 4 is 71.2 Å². The van der Waals surface area contributed by atoms with Crippen LogP contribution in [0.5, 0.6) is 0 Å². The van der Waals surface area contributed by atoms with E-state index in [1.165, 1.54) is 46.4 Å². The number of carbonyl (C=O) groups is 12. The predicted octanol–water partition coefficient (Wildman–Crippen LogP) is 3.99. The van der Waals surface area contributed by atoms with Gasteiger partial charge in [-0.1, -0.05) is 48.5 Å². The highest BCUT2D eigenvalue weighted by Crippen LogP contribution is 2.35. The number of nitrogens with zero attached hydrogens (tertiary/aromatic N) is 2. The Kier molecular flexibility index (Phi) is 40.1. The molecule has 0 bridgehead atoms. The molecule has 0 aromatic rings. The highest BCUT2D eigenvalue weighted by molar-refractivity contribution is 5.85. The lowest BCUT2D eigenvalue weighted by Crippen LogP contribution is -2.58. The van der Waals surface area contributed by atoms with E-state index in [1.807, 2.05) is 41.5 Å². The molecule has 3 saturated heterocycles. The summed E-state index contributed by atoms with van der Waals surface area (Å²) in [6.07, 6.45) is -1.87. The van der Waals surface area contributed by atoms with Crippen molar-refractivity contribution in [3.63, 3.8) is 0 Å². The number of amides is 7. The van der Waals surface area contributed by atoms with Crippen LogP contribution in [0.2, 0.25) is 0 Å². The lowest BCUT2D eigenvalue weighted by atomic mass is 9.82. The fourth-order valence-electron chi connectivity index (χ4n) is 12.0. The molecule has 7 amide bonds. The third kappa shape index (κ3) is 32.2. The maximum Gasteiger partial charge on any atom is 0.307 e. The number of carboxylic acid groups (broad SMARTS) is 1. The van der Waals surface area contributed by atoms with Gasteiger partial charge in [-0.05, 0) is 99.7 Å². The third-order valence-electron chi connectivity index (χ3n) is 18.3. The third-order valence-corrected chi connectivity index (χ3v) is 18.3. The van der Waals surface area contributed by atoms with Crippen molar-refractivity contribution in [3.05, 3.63) is 0 Å². The van der Waals surface area contributed by atoms with Gasteiger partial charge in [0.1, 0.15) is 19.8 Å². The number of hydrogen-bond donors (Lipinski definition) is 6. The summed E-state index contributed by atoms with van der Waals surface area (Å²) in [5.41, 5.74) is 0. The molecule has 0 spiro atoms. The van der Waals surface area contributed by atoms with E-state index in [2.05, 4.69) is 26.6 Å². The quantitative estimate of drug-likeness (QED) is 0.0285. The van der Waals surface area contributed by atoms with E-state index in [0.717, 1.165) is 0 Å². The standard InChI is InChI=1S/C68H115N7O23/c1-14-53(95-61(87)28-27-60(85)86)65(88)75(32-22-30-70-58(83)25-16-19-36-90-67-63(72-48(9)77)45(6)42(3)55(97-67)39-93-51(12)80)34-23-33-74(59(84)26-17-20-37-91-68-64(73-49(10)78)46(7)43(4)56(98-68)40-94-52(13)81)31-21-29-69-57(82)24-15-18-35-89-66-62(71-47(8)76)44(5)41(2)54(96-66)38-92-50(11)79/h41-46,53-56,62-64,66-68H,14-40H2,1-13H3,(H,69,82)(H,70,83)(H,71,76)(H,72,77)(H,73,78)(H,85,86). The minimum Gasteiger partial charge on any atom is -0.481 e. The first-order valence-electron chi connectivity index (χ1n) is 35.0. The van der Waals surface area contributed by atoms with Crippen LogP contribution in [-0.2, 0) is 105 Å². The van der Waals surface area contributed by atoms with Gasteiger partial charge in [0.05, 0.1) is 49.3 Å². The largest absolute Gasteiger partial charge is 0.481 e. The van der Waals surface area contributed by atoms with Gasteiger partial charge in [0.15, 0.2) is 25.0 Å². The molecule has 30 nitrogen and oxygen atoms in total. The van der Waals surface area contributed by atoms with Crippen molar-refractivity contribution in [2.75, 3.05) is 78.9 Å². The zero-order valence-electron chi connectivity index (χ0n) is 60.2. The van der Waals surface area contributed by atoms with Crippen molar-refractivity contribution in [1.29, 1.82) is 0 Å². The number of hydrogen-bond acceptors (Lipinski definition) is 22. The first-order valence-corrected chi connectivity index (χ1v) is 35.0. The maximum absolute atomic E-state index is 14.2. The molecule has 3 aliphatic heterocycles. The molecule has 6 N–H and O–H groups in total. The van der Waals surface area contributed by atoms with E-state index >= 15 is 0 Å². The Morgan fingerprint density at radius 3 is 1.12 bits per heavy atom. The molecule has 16 atom stereocenters. The molecule has 3 rings (SSSR count). The van der Waals surface area contributed by atoms with Crippen LogP contribution in [-0.4, -0.2) is 226 Å². The summed E-state index contributed by atoms with van der Waals surface area (Å²) in [6, 6.07) is -1.41. The van der Waals surface area contributed by atoms with Crippen LogP contribution in [0.25, 0.3) is 0 Å². The second-order valence-corrected chi connectivity index (χ2v) is 26.1. The summed E-state index contributed by atoms with van der Waals surface area (Å²) in [4.78, 5) is 153. The monoisotopic (exact) mass is 1400 g/mol. The van der Waals surface area contributed by atoms with E-state index in [0.29, 0.717) is 51.4 Å². The molecule has 3 aliphatic rings. The number of esters is 4. The van der Waals surface area contributed by atoms with Gasteiger partial charge in [-0.3, -0.25) is 57.5 Å². The van der Waals surface area contributed by atoms with E-state index in [-0.39, 0.29) is 182 Å². The Balaban J connectivity index is 1.68. The number of carbonyl (C=O) groups excluding carboxylic acids is 11. The molecule has 98 heavy (non-hydrogen) atoms. The Labute approximate surface area is 577 Å². The molecule has 3 heterocycles. The summed E-state index contributed by atoms with van der Waals surface area (Å²) in [5.74, 6) is -5.83. The molecule has 16 unspecified atom stereocenters. The Hall–Kier alpha value is -6.60. The van der Waals surface area contributed by atoms with Crippen LogP contribution in [0.1, 0.15) is 186 Å². The highest BCUT2D eigenvalue weighted by Gasteiger charge is 2.46. The van der Waals surface area contributed by atoms with Gasteiger partial charge in [-0.2, -0.15) is 0 Å². The second kappa shape index (κ2) is 45.9. The van der Waals surface area contributed by atoms with Gasteiger partial charge < -0.3 is 88.9 Å². The SMILES string of the molecule is CCC(OC(=O)CCC(=O)O)C(=O)N(CCCNC(=O)CCCCOC1OC(COC(C)=O)C(C)C(C)C1NC(C)=O)CCCN(CCCNC(=O)CCCCOC1OC(COC(C)=O)C(C)C(C)C1NC(C)=O)C(=O)CCCCOC1OC(COC(C)=O)C(C)C(C)C1NC(C)=O. The topological polar surface area (TPSA) is 384 Å². The zero-order valence-corrected chi connectivity index (χ0v) is 60.2. The van der Waals surface area contributed by atoms with Crippen molar-refractivity contribution in [2.24, 2.45) is 35.5 Å². The number of rotatable bonds is 45. The normalized spacial score (nSPS) is 25.5. The maximum atomic E-state index is 14.2. The average Bonchev–Trinajstić information content (AvgIpc) is 0.822. The number of unbranched alkanes of at least 4 members (excludes halogenated alkanes) is 3. The lowest BCUT2D eigenvalue weighted by molar-refractivity contribution is -0.244. The molecule has 0 aliphatic carbocycles. The van der Waals surface area contributed by atoms with Gasteiger partial charge in [-0.25, -0.2) is 0 Å². The Bertz CT molecular complexity index is 2540. The fourth-order valence-corrected chi connectivity index (χ4v) is 12.0. The van der Waals surface area contributed by atoms with Crippen LogP contribution in [0, 0.1) is 35.5 Å². The second-order valence-electron chi connectivity index (χ2n) is 26.1. The zero-order chi connectivity index (χ0) is 73.0. The summed E-state index contributed by atoms with van der Waals surface area (Å²) in [6.45, 7) is 23.3. The molecule has 30 heteroatoms. The van der Waals surface area contributed by atoms with Crippen molar-refractivity contribution < 1.29 is 110 Å². The highest BCUT2D eigenvalue weighted by atomic mass is 16.7. The average molecular weight is 1400 g/mol. The van der Waals surface area contributed by atoms with Gasteiger partial charge >= 0.3 is 29.8 Å². The summed E-state index contributed by atoms with van der Waals surface area (Å²) < 4.78 is 58.2. The molecular weight excluding hydrogens is 1280 g/mol. The number of carboxylic acids is 1. The molecule has 0 aromatic heterocycles. The minimum atomic E-state index is -1.24. The number of nitrogens with one attached hydrogen (secondary N) is 5. The smallest absolute Gasteiger partial charge is 0.307 e. The van der Waals surface area contributed by atoms with Crippen molar-refractivity contribution in [2.45, 2.75) is 248 Å². The van der Waals surface area contributed by atoms with E-state index in [1.54, 1.807) is 11.8 Å². The van der Waals surface area contributed by atoms with Gasteiger partial charge in [0.2, 0.25) is 35.4 Å². The van der Waals surface area contributed by atoms with E-state index in [9.17, 15) is 62.6 Å². The molecule has 560 valence electrons. The summed E-state index contributed by atoms with van der Waals surface area (Å²) >= 11 is 0. The first kappa shape index (κ1) is 85.6. The van der Waals surface area contributed by atoms with E-state index in [4.69, 9.17) is 47.4 Å². The number of ether oxygens (including phenoxy) is 10. The first-order chi connectivity index (χ1) is 46.4. The van der Waals surface area contributed by atoms with Crippen molar-refractivity contribution in [1.82, 2.24) is 36.4 Å². The van der Waals surface area contributed by atoms with Gasteiger partial charge in [0, 0.05) is 120 Å². The molecule has 0 aromatic carbocycles. The van der Waals surface area contributed by atoms with Crippen LogP contribution in [0.15, 0.2) is 0 Å². The fraction of sp³-hybridized carbons (Fsp3) is 0.824. The minimum absolute atomic E-state index is 0.00992. The summed E-state index contributed by atoms with van der Waals surface area (Å²) in [5, 5.41) is 23.8. The van der Waals surface area contributed by atoms with Gasteiger partial charge in [0.25, 0.3) is 5.91 Å². The van der Waals surface area contributed by atoms with Crippen LogP contribution in [0.3, 0.4) is 0 Å². The predicted molar refractivity (Wildman–Crippen MR) is 353 cm³/mol. The van der Waals surface area contributed by atoms with E-state index < -0.39 is 110 Å². The Morgan fingerprint density at radius 1 is 0.429 bits per heavy atom. The number of aliphatic carboxylic acids is 1. The molecule has 3 fully saturated rings. The molecular formula is C68H115N7O23. The Morgan fingerprint density at radius 2 is 0.776 bits per heavy atom. The lowest BCUT2D eigenvalue weighted by Gasteiger charge is -2.44. The molecule has 0 radical (unpaired) electrons. The van der Waals surface area contributed by atoms with Gasteiger partial charge in [-0.15, -0.1) is 0 Å².